The van der Waals surface area contributed by atoms with Crippen LogP contribution < -0.4 is 5.32 Å². The molecule has 9 heteroatoms. The lowest BCUT2D eigenvalue weighted by atomic mass is 10.1. The van der Waals surface area contributed by atoms with Crippen molar-refractivity contribution in [3.63, 3.8) is 0 Å². The summed E-state index contributed by atoms with van der Waals surface area (Å²) in [5.74, 6) is 2.65. The molecule has 172 valence electrons. The van der Waals surface area contributed by atoms with Crippen molar-refractivity contribution in [3.8, 4) is 0 Å². The van der Waals surface area contributed by atoms with Gasteiger partial charge in [0, 0.05) is 60.0 Å². The molecule has 30 heavy (non-hydrogen) atoms. The molecular weight excluding hydrogens is 400 g/mol. The first-order chi connectivity index (χ1) is 14.6. The maximum atomic E-state index is 5.96. The Morgan fingerprint density at radius 1 is 1.23 bits per heavy atom. The van der Waals surface area contributed by atoms with Gasteiger partial charge in [0.1, 0.15) is 5.82 Å². The van der Waals surface area contributed by atoms with Gasteiger partial charge in [0.2, 0.25) is 0 Å². The van der Waals surface area contributed by atoms with E-state index in [0.29, 0.717) is 12.0 Å². The lowest BCUT2D eigenvalue weighted by molar-refractivity contribution is 0.00991. The molecule has 0 aromatic carbocycles. The number of methoxy groups -OCH3 is 1. The Kier molecular flexibility index (Phi) is 11.5. The van der Waals surface area contributed by atoms with Crippen molar-refractivity contribution < 1.29 is 9.47 Å². The molecule has 0 saturated carbocycles. The average Bonchev–Trinajstić information content (AvgIpc) is 3.13. The Hall–Kier alpha value is -1.32. The second-order valence-corrected chi connectivity index (χ2v) is 8.86. The van der Waals surface area contributed by atoms with Gasteiger partial charge in [-0.15, -0.1) is 10.2 Å². The third-order valence-corrected chi connectivity index (χ3v) is 5.85. The fraction of sp³-hybridized carbons (Fsp3) is 0.857. The van der Waals surface area contributed by atoms with Crippen molar-refractivity contribution >= 4 is 17.7 Å². The summed E-state index contributed by atoms with van der Waals surface area (Å²) in [5.41, 5.74) is 0. The molecule has 1 aliphatic rings. The highest BCUT2D eigenvalue weighted by molar-refractivity contribution is 7.98. The zero-order chi connectivity index (χ0) is 21.8. The molecular formula is C21H40N6O2S. The van der Waals surface area contributed by atoms with E-state index in [9.17, 15) is 0 Å². The number of hydrogen-bond donors (Lipinski definition) is 1. The van der Waals surface area contributed by atoms with E-state index in [-0.39, 0.29) is 0 Å². The van der Waals surface area contributed by atoms with E-state index in [0.717, 1.165) is 88.4 Å². The second-order valence-electron chi connectivity index (χ2n) is 8.09. The highest BCUT2D eigenvalue weighted by atomic mass is 32.2. The van der Waals surface area contributed by atoms with Crippen molar-refractivity contribution in [1.82, 2.24) is 25.0 Å². The van der Waals surface area contributed by atoms with Crippen molar-refractivity contribution in [1.29, 1.82) is 0 Å². The van der Waals surface area contributed by atoms with E-state index in [1.807, 2.05) is 7.05 Å². The maximum absolute atomic E-state index is 5.96. The number of aryl methyl sites for hydroxylation is 1. The van der Waals surface area contributed by atoms with Crippen LogP contribution in [0.1, 0.15) is 45.4 Å². The number of aromatic nitrogens is 3. The largest absolute Gasteiger partial charge is 0.385 e. The fourth-order valence-corrected chi connectivity index (χ4v) is 4.19. The van der Waals surface area contributed by atoms with E-state index < -0.39 is 0 Å². The molecule has 2 rings (SSSR count). The number of nitrogens with one attached hydrogen (secondary N) is 1. The van der Waals surface area contributed by atoms with Crippen LogP contribution in [0.4, 0.5) is 0 Å². The molecule has 1 fully saturated rings. The minimum Gasteiger partial charge on any atom is -0.385 e. The smallest absolute Gasteiger partial charge is 0.193 e. The average molecular weight is 441 g/mol. The molecule has 1 aliphatic heterocycles. The van der Waals surface area contributed by atoms with Crippen LogP contribution in [0.25, 0.3) is 0 Å². The Bertz CT molecular complexity index is 629. The van der Waals surface area contributed by atoms with E-state index in [1.165, 1.54) is 0 Å². The van der Waals surface area contributed by atoms with E-state index >= 15 is 0 Å². The Balaban J connectivity index is 1.71. The SMILES string of the molecule is CN=C(NCCCc1nnc(SC)n1CC(C)C)N1CCC(OCCCOC)CC1. The minimum absolute atomic E-state index is 0.356. The topological polar surface area (TPSA) is 76.8 Å². The number of nitrogens with zero attached hydrogens (tertiary/aromatic N) is 5. The van der Waals surface area contributed by atoms with Crippen LogP contribution in [0.15, 0.2) is 10.1 Å². The Labute approximate surface area is 186 Å². The molecule has 0 spiro atoms. The zero-order valence-corrected chi connectivity index (χ0v) is 20.2. The summed E-state index contributed by atoms with van der Waals surface area (Å²) in [4.78, 5) is 6.82. The number of guanidine groups is 1. The lowest BCUT2D eigenvalue weighted by Crippen LogP contribution is -2.47. The minimum atomic E-state index is 0.356. The number of piperidine rings is 1. The molecule has 1 aromatic heterocycles. The molecule has 1 N–H and O–H groups in total. The monoisotopic (exact) mass is 440 g/mol. The molecule has 1 aromatic rings. The van der Waals surface area contributed by atoms with Crippen LogP contribution in [-0.4, -0.2) is 85.0 Å². The van der Waals surface area contributed by atoms with Gasteiger partial charge in [-0.25, -0.2) is 0 Å². The van der Waals surface area contributed by atoms with Gasteiger partial charge in [0.15, 0.2) is 11.1 Å². The second kappa shape index (κ2) is 13.9. The number of thioether (sulfide) groups is 1. The van der Waals surface area contributed by atoms with Crippen LogP contribution in [0, 0.1) is 5.92 Å². The van der Waals surface area contributed by atoms with Crippen molar-refractivity contribution in [3.05, 3.63) is 5.82 Å². The van der Waals surface area contributed by atoms with Gasteiger partial charge in [0.05, 0.1) is 6.10 Å². The van der Waals surface area contributed by atoms with Crippen molar-refractivity contribution in [2.75, 3.05) is 53.3 Å². The number of ether oxygens (including phenoxy) is 2. The predicted molar refractivity (Wildman–Crippen MR) is 123 cm³/mol. The molecule has 0 aliphatic carbocycles. The maximum Gasteiger partial charge on any atom is 0.193 e. The predicted octanol–water partition coefficient (Wildman–Crippen LogP) is 2.68. The third kappa shape index (κ3) is 8.07. The van der Waals surface area contributed by atoms with Gasteiger partial charge < -0.3 is 24.3 Å². The van der Waals surface area contributed by atoms with Gasteiger partial charge in [-0.1, -0.05) is 25.6 Å². The Morgan fingerprint density at radius 2 is 2.00 bits per heavy atom. The summed E-state index contributed by atoms with van der Waals surface area (Å²) in [6.45, 7) is 9.82. The van der Waals surface area contributed by atoms with Crippen molar-refractivity contribution in [2.45, 2.75) is 63.8 Å². The Morgan fingerprint density at radius 3 is 2.63 bits per heavy atom. The summed E-state index contributed by atoms with van der Waals surface area (Å²) < 4.78 is 13.3. The first-order valence-electron chi connectivity index (χ1n) is 11.1. The normalized spacial score (nSPS) is 15.9. The summed E-state index contributed by atoms with van der Waals surface area (Å²) in [5, 5.41) is 13.3. The highest BCUT2D eigenvalue weighted by Gasteiger charge is 2.21. The van der Waals surface area contributed by atoms with Gasteiger partial charge in [-0.2, -0.15) is 0 Å². The molecule has 0 bridgehead atoms. The molecule has 2 heterocycles. The molecule has 0 amide bonds. The lowest BCUT2D eigenvalue weighted by Gasteiger charge is -2.34. The van der Waals surface area contributed by atoms with Gasteiger partial charge in [-0.05, 0) is 37.9 Å². The molecule has 0 radical (unpaired) electrons. The molecule has 8 nitrogen and oxygen atoms in total. The number of aliphatic imine (C=N–C) groups is 1. The summed E-state index contributed by atoms with van der Waals surface area (Å²) in [6, 6.07) is 0. The van der Waals surface area contributed by atoms with E-state index in [1.54, 1.807) is 18.9 Å². The standard InChI is InChI=1S/C21H40N6O2S/c1-17(2)16-27-19(24-25-21(27)30-5)8-6-11-23-20(22-3)26-12-9-18(10-13-26)29-15-7-14-28-4/h17-18H,6-16H2,1-5H3,(H,22,23). The van der Waals surface area contributed by atoms with Crippen LogP contribution >= 0.6 is 11.8 Å². The van der Waals surface area contributed by atoms with Gasteiger partial charge >= 0.3 is 0 Å². The molecule has 1 saturated heterocycles. The summed E-state index contributed by atoms with van der Waals surface area (Å²) >= 11 is 1.66. The first kappa shape index (κ1) is 24.9. The van der Waals surface area contributed by atoms with E-state index in [2.05, 4.69) is 50.1 Å². The quantitative estimate of drug-likeness (QED) is 0.232. The van der Waals surface area contributed by atoms with Gasteiger partial charge in [0.25, 0.3) is 0 Å². The third-order valence-electron chi connectivity index (χ3n) is 5.18. The molecule has 0 atom stereocenters. The van der Waals surface area contributed by atoms with E-state index in [4.69, 9.17) is 9.47 Å². The highest BCUT2D eigenvalue weighted by Crippen LogP contribution is 2.17. The summed E-state index contributed by atoms with van der Waals surface area (Å²) in [7, 11) is 3.59. The zero-order valence-electron chi connectivity index (χ0n) is 19.4. The number of likely N-dealkylation sites (tertiary alicyclic amines) is 1. The van der Waals surface area contributed by atoms with Gasteiger partial charge in [-0.3, -0.25) is 4.99 Å². The van der Waals surface area contributed by atoms with Crippen LogP contribution in [-0.2, 0) is 22.4 Å². The fourth-order valence-electron chi connectivity index (χ4n) is 3.67. The number of hydrogen-bond acceptors (Lipinski definition) is 6. The first-order valence-corrected chi connectivity index (χ1v) is 12.3. The van der Waals surface area contributed by atoms with Crippen LogP contribution in [0.2, 0.25) is 0 Å². The number of rotatable bonds is 12. The van der Waals surface area contributed by atoms with Crippen LogP contribution in [0.3, 0.4) is 0 Å². The van der Waals surface area contributed by atoms with Crippen LogP contribution in [0.5, 0.6) is 0 Å². The van der Waals surface area contributed by atoms with Crippen molar-refractivity contribution in [2.24, 2.45) is 10.9 Å². The summed E-state index contributed by atoms with van der Waals surface area (Å²) in [6.07, 6.45) is 7.39. The molecule has 0 unspecified atom stereocenters.